The van der Waals surface area contributed by atoms with Crippen LogP contribution in [0.2, 0.25) is 0 Å². The van der Waals surface area contributed by atoms with Crippen LogP contribution in [0.3, 0.4) is 0 Å². The Kier molecular flexibility index (Phi) is 5.93. The summed E-state index contributed by atoms with van der Waals surface area (Å²) in [7, 11) is 0. The van der Waals surface area contributed by atoms with Gasteiger partial charge in [-0.05, 0) is 118 Å². The Balaban J connectivity index is 1.44. The average Bonchev–Trinajstić information content (AvgIpc) is 2.86. The summed E-state index contributed by atoms with van der Waals surface area (Å²) in [5.74, 6) is 4.31. The molecule has 0 unspecified atom stereocenters. The highest BCUT2D eigenvalue weighted by molar-refractivity contribution is 5.96. The number of nitrogen functional groups attached to an aromatic ring is 2. The summed E-state index contributed by atoms with van der Waals surface area (Å²) in [6.45, 7) is 3.03. The molecule has 0 saturated heterocycles. The molecule has 0 aliphatic heterocycles. The number of benzene rings is 3. The topological polar surface area (TPSA) is 105 Å². The Morgan fingerprint density at radius 1 is 0.711 bits per heavy atom. The molecule has 7 rings (SSSR count). The van der Waals surface area contributed by atoms with Crippen LogP contribution >= 0.6 is 0 Å². The predicted molar refractivity (Wildman–Crippen MR) is 148 cm³/mol. The van der Waals surface area contributed by atoms with Crippen molar-refractivity contribution in [3.05, 3.63) is 71.3 Å². The Morgan fingerprint density at radius 2 is 1.21 bits per heavy atom. The van der Waals surface area contributed by atoms with E-state index in [1.807, 2.05) is 12.1 Å². The van der Waals surface area contributed by atoms with Crippen molar-refractivity contribution < 1.29 is 19.1 Å². The highest BCUT2D eigenvalue weighted by Gasteiger charge is 2.52. The van der Waals surface area contributed by atoms with E-state index in [1.54, 1.807) is 36.4 Å². The van der Waals surface area contributed by atoms with Gasteiger partial charge in [0, 0.05) is 16.7 Å². The summed E-state index contributed by atoms with van der Waals surface area (Å²) < 4.78 is 13.0. The molecule has 4 saturated carbocycles. The third-order valence-electron chi connectivity index (χ3n) is 8.85. The molecule has 0 atom stereocenters. The van der Waals surface area contributed by atoms with Crippen LogP contribution in [-0.4, -0.2) is 11.6 Å². The number of rotatable bonds is 7. The first-order valence-corrected chi connectivity index (χ1v) is 13.5. The molecule has 4 aliphatic rings. The fourth-order valence-electron chi connectivity index (χ4n) is 7.51. The second-order valence-corrected chi connectivity index (χ2v) is 11.7. The van der Waals surface area contributed by atoms with E-state index in [0.717, 1.165) is 42.6 Å². The molecular weight excluding hydrogens is 476 g/mol. The first-order valence-electron chi connectivity index (χ1n) is 13.5. The molecule has 6 heteroatoms. The number of hydrogen-bond donors (Lipinski definition) is 2. The maximum absolute atomic E-state index is 11.9. The summed E-state index contributed by atoms with van der Waals surface area (Å²) in [6, 6.07) is 16.3. The van der Waals surface area contributed by atoms with Crippen LogP contribution in [0, 0.1) is 17.8 Å². The van der Waals surface area contributed by atoms with Gasteiger partial charge >= 0.3 is 0 Å². The molecule has 6 nitrogen and oxygen atoms in total. The third-order valence-corrected chi connectivity index (χ3v) is 8.85. The molecule has 196 valence electrons. The first-order chi connectivity index (χ1) is 18.2. The summed E-state index contributed by atoms with van der Waals surface area (Å²) in [5, 5.41) is 0. The number of carbonyl (C=O) groups excluding carboxylic acids is 2. The van der Waals surface area contributed by atoms with Crippen molar-refractivity contribution in [3.8, 4) is 23.0 Å². The number of nitrogens with two attached hydrogens (primary N) is 2. The SMILES string of the molecule is CC(=O)c1ccc(Oc2cccc(C34CC5CC(CC(C5)C3)C4)c2Oc2ccc(C(C)=O)cc2N)c(N)c1. The van der Waals surface area contributed by atoms with Crippen molar-refractivity contribution in [3.63, 3.8) is 0 Å². The highest BCUT2D eigenvalue weighted by atomic mass is 16.5. The number of para-hydroxylation sites is 1. The van der Waals surface area contributed by atoms with E-state index in [4.69, 9.17) is 20.9 Å². The molecule has 4 N–H and O–H groups in total. The summed E-state index contributed by atoms with van der Waals surface area (Å²) in [4.78, 5) is 23.7. The van der Waals surface area contributed by atoms with E-state index in [-0.39, 0.29) is 17.0 Å². The van der Waals surface area contributed by atoms with Crippen LogP contribution in [-0.2, 0) is 5.41 Å². The van der Waals surface area contributed by atoms with E-state index in [9.17, 15) is 9.59 Å². The molecule has 0 radical (unpaired) electrons. The smallest absolute Gasteiger partial charge is 0.173 e. The summed E-state index contributed by atoms with van der Waals surface area (Å²) >= 11 is 0. The van der Waals surface area contributed by atoms with Gasteiger partial charge in [0.1, 0.15) is 0 Å². The van der Waals surface area contributed by atoms with Crippen LogP contribution in [0.4, 0.5) is 11.4 Å². The number of anilines is 2. The zero-order valence-corrected chi connectivity index (χ0v) is 22.0. The van der Waals surface area contributed by atoms with Gasteiger partial charge in [-0.15, -0.1) is 0 Å². The van der Waals surface area contributed by atoms with Gasteiger partial charge in [0.15, 0.2) is 34.6 Å². The maximum atomic E-state index is 11.9. The van der Waals surface area contributed by atoms with Crippen molar-refractivity contribution >= 4 is 22.9 Å². The second-order valence-electron chi connectivity index (χ2n) is 11.7. The van der Waals surface area contributed by atoms with Crippen LogP contribution in [0.1, 0.15) is 78.7 Å². The molecule has 38 heavy (non-hydrogen) atoms. The number of ketones is 2. The maximum Gasteiger partial charge on any atom is 0.173 e. The first kappa shape index (κ1) is 24.5. The number of carbonyl (C=O) groups is 2. The lowest BCUT2D eigenvalue weighted by Gasteiger charge is -2.57. The molecule has 0 spiro atoms. The highest BCUT2D eigenvalue weighted by Crippen LogP contribution is 2.63. The zero-order chi connectivity index (χ0) is 26.6. The molecular formula is C32H34N2O4. The van der Waals surface area contributed by atoms with Crippen LogP contribution in [0.15, 0.2) is 54.6 Å². The number of Topliss-reactive ketones (excluding diaryl/α,β-unsaturated/α-hetero) is 2. The number of ether oxygens (including phenoxy) is 2. The molecule has 3 aromatic carbocycles. The van der Waals surface area contributed by atoms with Crippen molar-refractivity contribution in [2.75, 3.05) is 11.5 Å². The lowest BCUT2D eigenvalue weighted by molar-refractivity contribution is -0.00608. The largest absolute Gasteiger partial charge is 0.451 e. The minimum atomic E-state index is -0.0550. The van der Waals surface area contributed by atoms with Gasteiger partial charge < -0.3 is 20.9 Å². The Bertz CT molecular complexity index is 1410. The van der Waals surface area contributed by atoms with Gasteiger partial charge in [0.05, 0.1) is 11.4 Å². The molecule has 4 fully saturated rings. The van der Waals surface area contributed by atoms with Crippen molar-refractivity contribution in [1.29, 1.82) is 0 Å². The van der Waals surface area contributed by atoms with Gasteiger partial charge in [-0.2, -0.15) is 0 Å². The van der Waals surface area contributed by atoms with Crippen LogP contribution in [0.5, 0.6) is 23.0 Å². The molecule has 3 aromatic rings. The second kappa shape index (κ2) is 9.19. The Morgan fingerprint density at radius 3 is 1.68 bits per heavy atom. The van der Waals surface area contributed by atoms with Gasteiger partial charge in [0.25, 0.3) is 0 Å². The molecule has 0 heterocycles. The van der Waals surface area contributed by atoms with Crippen molar-refractivity contribution in [1.82, 2.24) is 0 Å². The summed E-state index contributed by atoms with van der Waals surface area (Å²) in [6.07, 6.45) is 7.49. The lowest BCUT2D eigenvalue weighted by Crippen LogP contribution is -2.48. The monoisotopic (exact) mass is 510 g/mol. The van der Waals surface area contributed by atoms with Crippen LogP contribution < -0.4 is 20.9 Å². The minimum Gasteiger partial charge on any atom is -0.451 e. The summed E-state index contributed by atoms with van der Waals surface area (Å²) in [5.41, 5.74) is 15.7. The predicted octanol–water partition coefficient (Wildman–Crippen LogP) is 7.31. The molecule has 4 bridgehead atoms. The minimum absolute atomic E-state index is 0.0432. The number of hydrogen-bond acceptors (Lipinski definition) is 6. The van der Waals surface area contributed by atoms with E-state index in [2.05, 4.69) is 6.07 Å². The van der Waals surface area contributed by atoms with Gasteiger partial charge in [-0.1, -0.05) is 12.1 Å². The average molecular weight is 511 g/mol. The Hall–Kier alpha value is -3.80. The normalized spacial score (nSPS) is 25.3. The Labute approximate surface area is 223 Å². The fraction of sp³-hybridized carbons (Fsp3) is 0.375. The van der Waals surface area contributed by atoms with Gasteiger partial charge in [-0.3, -0.25) is 9.59 Å². The van der Waals surface area contributed by atoms with Crippen molar-refractivity contribution in [2.24, 2.45) is 17.8 Å². The lowest BCUT2D eigenvalue weighted by atomic mass is 9.48. The standard InChI is InChI=1S/C32H34N2O4/c1-18(35)23-6-8-28(26(33)13-23)37-30-5-3-4-25(32-15-20-10-21(16-32)12-22(11-20)17-32)31(30)38-29-9-7-24(19(2)36)14-27(29)34/h3-9,13-14,20-22H,10-12,15-17,33-34H2,1-2H3. The zero-order valence-electron chi connectivity index (χ0n) is 22.0. The molecule has 0 amide bonds. The molecule has 0 aromatic heterocycles. The fourth-order valence-corrected chi connectivity index (χ4v) is 7.51. The van der Waals surface area contributed by atoms with Crippen molar-refractivity contribution in [2.45, 2.75) is 57.8 Å². The van der Waals surface area contributed by atoms with Crippen LogP contribution in [0.25, 0.3) is 0 Å². The van der Waals surface area contributed by atoms with Gasteiger partial charge in [-0.25, -0.2) is 0 Å². The molecule has 4 aliphatic carbocycles. The quantitative estimate of drug-likeness (QED) is 0.255. The van der Waals surface area contributed by atoms with Gasteiger partial charge in [0.2, 0.25) is 0 Å². The van der Waals surface area contributed by atoms with E-state index in [0.29, 0.717) is 45.5 Å². The van der Waals surface area contributed by atoms with E-state index in [1.165, 1.54) is 33.1 Å². The van der Waals surface area contributed by atoms with E-state index < -0.39 is 0 Å². The van der Waals surface area contributed by atoms with E-state index >= 15 is 0 Å². The third kappa shape index (κ3) is 4.32.